The van der Waals surface area contributed by atoms with Crippen molar-refractivity contribution in [2.24, 2.45) is 0 Å². The van der Waals surface area contributed by atoms with Gasteiger partial charge in [-0.15, -0.1) is 0 Å². The fourth-order valence-electron chi connectivity index (χ4n) is 2.77. The molecule has 0 aromatic heterocycles. The van der Waals surface area contributed by atoms with Crippen molar-refractivity contribution in [3.63, 3.8) is 0 Å². The van der Waals surface area contributed by atoms with Gasteiger partial charge in [-0.2, -0.15) is 0 Å². The van der Waals surface area contributed by atoms with Crippen LogP contribution in [0.1, 0.15) is 54.4 Å². The van der Waals surface area contributed by atoms with Gasteiger partial charge in [0.05, 0.1) is 0 Å². The van der Waals surface area contributed by atoms with Gasteiger partial charge in [-0.3, -0.25) is 0 Å². The quantitative estimate of drug-likeness (QED) is 0.257. The molecule has 2 rings (SSSR count). The standard InChI is InChI=1S/C14H24N2.C14H20N2/c1-5-11(3)15-13-8-7-9-14(10-13)16-12(4)6-2;1-3-5-11-15-13-7-9-14(10-8-13)16-12-6-4-2/h7-12,15-16H,5-6H2,1-4H3;3-10,15-16H,11-12H2,1-2H3/b;5-3+,6-4+. The Morgan fingerprint density at radius 2 is 1.06 bits per heavy atom. The molecule has 2 atom stereocenters. The molecular weight excluding hydrogens is 392 g/mol. The molecule has 0 aliphatic carbocycles. The number of allylic oxidation sites excluding steroid dienone is 2. The van der Waals surface area contributed by atoms with E-state index in [4.69, 9.17) is 0 Å². The molecule has 4 nitrogen and oxygen atoms in total. The first-order chi connectivity index (χ1) is 15.5. The molecule has 2 aromatic rings. The SMILES string of the molecule is C/C=C/CNc1ccc(NC/C=C/C)cc1.CCC(C)Nc1cccc(NC(C)CC)c1. The van der Waals surface area contributed by atoms with E-state index in [-0.39, 0.29) is 0 Å². The molecule has 0 saturated carbocycles. The van der Waals surface area contributed by atoms with Crippen molar-refractivity contribution in [3.05, 3.63) is 72.8 Å². The van der Waals surface area contributed by atoms with Crippen LogP contribution in [-0.4, -0.2) is 25.2 Å². The van der Waals surface area contributed by atoms with Crippen LogP contribution >= 0.6 is 0 Å². The van der Waals surface area contributed by atoms with E-state index in [1.54, 1.807) is 0 Å². The maximum Gasteiger partial charge on any atom is 0.0362 e. The van der Waals surface area contributed by atoms with Crippen LogP contribution in [0.15, 0.2) is 72.8 Å². The van der Waals surface area contributed by atoms with Crippen molar-refractivity contribution >= 4 is 22.7 Å². The number of rotatable bonds is 12. The van der Waals surface area contributed by atoms with Gasteiger partial charge < -0.3 is 21.3 Å². The molecule has 2 aromatic carbocycles. The first-order valence-corrected chi connectivity index (χ1v) is 12.0. The summed E-state index contributed by atoms with van der Waals surface area (Å²) in [6, 6.07) is 17.9. The smallest absolute Gasteiger partial charge is 0.0362 e. The first kappa shape index (κ1) is 27.2. The third-order valence-electron chi connectivity index (χ3n) is 5.12. The number of hydrogen-bond donors (Lipinski definition) is 4. The zero-order valence-electron chi connectivity index (χ0n) is 20.9. The van der Waals surface area contributed by atoms with Gasteiger partial charge in [-0.05, 0) is 83.0 Å². The van der Waals surface area contributed by atoms with Crippen molar-refractivity contribution in [2.75, 3.05) is 34.4 Å². The summed E-state index contributed by atoms with van der Waals surface area (Å²) in [6.07, 6.45) is 10.6. The highest BCUT2D eigenvalue weighted by atomic mass is 14.9. The second kappa shape index (κ2) is 16.8. The summed E-state index contributed by atoms with van der Waals surface area (Å²) in [5, 5.41) is 13.6. The van der Waals surface area contributed by atoms with E-state index in [0.717, 1.165) is 37.3 Å². The van der Waals surface area contributed by atoms with E-state index >= 15 is 0 Å². The molecule has 0 bridgehead atoms. The zero-order valence-corrected chi connectivity index (χ0v) is 20.9. The monoisotopic (exact) mass is 436 g/mol. The van der Waals surface area contributed by atoms with Crippen molar-refractivity contribution in [2.45, 2.75) is 66.5 Å². The minimum Gasteiger partial charge on any atom is -0.383 e. The predicted octanol–water partition coefficient (Wildman–Crippen LogP) is 7.77. The minimum absolute atomic E-state index is 0.527. The Morgan fingerprint density at radius 1 is 0.656 bits per heavy atom. The Kier molecular flexibility index (Phi) is 14.2. The van der Waals surface area contributed by atoms with Crippen LogP contribution < -0.4 is 21.3 Å². The minimum atomic E-state index is 0.527. The Bertz CT molecular complexity index is 718. The Hall–Kier alpha value is -2.88. The van der Waals surface area contributed by atoms with Gasteiger partial charge in [0.1, 0.15) is 0 Å². The Balaban J connectivity index is 0.000000320. The van der Waals surface area contributed by atoms with Gasteiger partial charge in [0, 0.05) is 47.9 Å². The van der Waals surface area contributed by atoms with Gasteiger partial charge in [-0.1, -0.05) is 44.2 Å². The molecule has 0 amide bonds. The summed E-state index contributed by atoms with van der Waals surface area (Å²) >= 11 is 0. The third-order valence-corrected chi connectivity index (χ3v) is 5.12. The number of nitrogens with one attached hydrogen (secondary N) is 4. The van der Waals surface area contributed by atoms with Gasteiger partial charge in [0.15, 0.2) is 0 Å². The lowest BCUT2D eigenvalue weighted by Crippen LogP contribution is -2.15. The molecule has 2 unspecified atom stereocenters. The molecule has 0 saturated heterocycles. The molecule has 0 fully saturated rings. The van der Waals surface area contributed by atoms with E-state index < -0.39 is 0 Å². The summed E-state index contributed by atoms with van der Waals surface area (Å²) in [6.45, 7) is 14.6. The summed E-state index contributed by atoms with van der Waals surface area (Å²) in [4.78, 5) is 0. The first-order valence-electron chi connectivity index (χ1n) is 12.0. The molecular formula is C28H44N4. The topological polar surface area (TPSA) is 48.1 Å². The average molecular weight is 437 g/mol. The van der Waals surface area contributed by atoms with Gasteiger partial charge in [0.25, 0.3) is 0 Å². The lowest BCUT2D eigenvalue weighted by molar-refractivity contribution is 0.760. The van der Waals surface area contributed by atoms with Crippen LogP contribution in [0.3, 0.4) is 0 Å². The van der Waals surface area contributed by atoms with Crippen molar-refractivity contribution in [1.82, 2.24) is 0 Å². The van der Waals surface area contributed by atoms with E-state index in [2.05, 4.69) is 110 Å². The Labute approximate surface area is 196 Å². The van der Waals surface area contributed by atoms with Crippen LogP contribution in [0.4, 0.5) is 22.7 Å². The highest BCUT2D eigenvalue weighted by Gasteiger charge is 2.02. The summed E-state index contributed by atoms with van der Waals surface area (Å²) in [5.41, 5.74) is 4.69. The maximum atomic E-state index is 3.48. The fourth-order valence-corrected chi connectivity index (χ4v) is 2.77. The maximum absolute atomic E-state index is 3.48. The molecule has 176 valence electrons. The normalized spacial score (nSPS) is 12.7. The molecule has 0 aliphatic rings. The third kappa shape index (κ3) is 12.1. The molecule has 0 radical (unpaired) electrons. The molecule has 4 N–H and O–H groups in total. The van der Waals surface area contributed by atoms with Crippen LogP contribution in [0.2, 0.25) is 0 Å². The van der Waals surface area contributed by atoms with Crippen LogP contribution in [0.5, 0.6) is 0 Å². The van der Waals surface area contributed by atoms with E-state index in [9.17, 15) is 0 Å². The zero-order chi connectivity index (χ0) is 23.6. The lowest BCUT2D eigenvalue weighted by Gasteiger charge is -2.16. The number of anilines is 4. The molecule has 0 spiro atoms. The average Bonchev–Trinajstić information content (AvgIpc) is 2.81. The second-order valence-corrected chi connectivity index (χ2v) is 7.97. The number of hydrogen-bond acceptors (Lipinski definition) is 4. The van der Waals surface area contributed by atoms with Crippen LogP contribution in [0, 0.1) is 0 Å². The lowest BCUT2D eigenvalue weighted by atomic mass is 10.2. The number of benzene rings is 2. The fraction of sp³-hybridized carbons (Fsp3) is 0.429. The van der Waals surface area contributed by atoms with Crippen LogP contribution in [0.25, 0.3) is 0 Å². The molecule has 0 heterocycles. The van der Waals surface area contributed by atoms with E-state index in [0.29, 0.717) is 12.1 Å². The second-order valence-electron chi connectivity index (χ2n) is 7.97. The van der Waals surface area contributed by atoms with Crippen LogP contribution in [-0.2, 0) is 0 Å². The van der Waals surface area contributed by atoms with Crippen molar-refractivity contribution in [3.8, 4) is 0 Å². The molecule has 4 heteroatoms. The Morgan fingerprint density at radius 3 is 1.41 bits per heavy atom. The van der Waals surface area contributed by atoms with Gasteiger partial charge >= 0.3 is 0 Å². The summed E-state index contributed by atoms with van der Waals surface area (Å²) in [7, 11) is 0. The highest BCUT2D eigenvalue weighted by molar-refractivity contribution is 5.57. The predicted molar refractivity (Wildman–Crippen MR) is 146 cm³/mol. The van der Waals surface area contributed by atoms with E-state index in [1.807, 2.05) is 26.0 Å². The van der Waals surface area contributed by atoms with Gasteiger partial charge in [0.2, 0.25) is 0 Å². The van der Waals surface area contributed by atoms with Crippen molar-refractivity contribution < 1.29 is 0 Å². The molecule has 0 aliphatic heterocycles. The summed E-state index contributed by atoms with van der Waals surface area (Å²) < 4.78 is 0. The summed E-state index contributed by atoms with van der Waals surface area (Å²) in [5.74, 6) is 0. The van der Waals surface area contributed by atoms with Crippen molar-refractivity contribution in [1.29, 1.82) is 0 Å². The largest absolute Gasteiger partial charge is 0.383 e. The highest BCUT2D eigenvalue weighted by Crippen LogP contribution is 2.17. The van der Waals surface area contributed by atoms with E-state index in [1.165, 1.54) is 11.4 Å². The van der Waals surface area contributed by atoms with Gasteiger partial charge in [-0.25, -0.2) is 0 Å². The molecule has 32 heavy (non-hydrogen) atoms.